The molecule has 1 aromatic rings. The van der Waals surface area contributed by atoms with Gasteiger partial charge < -0.3 is 9.64 Å². The van der Waals surface area contributed by atoms with E-state index in [9.17, 15) is 4.39 Å². The molecule has 2 aliphatic heterocycles. The van der Waals surface area contributed by atoms with Gasteiger partial charge in [0.15, 0.2) is 0 Å². The average Bonchev–Trinajstić information content (AvgIpc) is 2.72. The molecule has 0 aromatic heterocycles. The number of hydrogen-bond donors (Lipinski definition) is 0. The van der Waals surface area contributed by atoms with E-state index in [1.165, 1.54) is 18.4 Å². The highest BCUT2D eigenvalue weighted by molar-refractivity contribution is 5.16. The van der Waals surface area contributed by atoms with E-state index in [1.54, 1.807) is 12.1 Å². The SMILES string of the molecule is CCN1CCOC[C@@]2(CCCN(Cc3ccc(F)cc3)C2)C1. The lowest BCUT2D eigenvalue weighted by Crippen LogP contribution is -2.50. The number of ether oxygens (including phenoxy) is 1. The molecule has 1 aromatic carbocycles. The van der Waals surface area contributed by atoms with Gasteiger partial charge >= 0.3 is 0 Å². The maximum Gasteiger partial charge on any atom is 0.123 e. The van der Waals surface area contributed by atoms with E-state index in [4.69, 9.17) is 4.74 Å². The van der Waals surface area contributed by atoms with E-state index in [0.29, 0.717) is 0 Å². The van der Waals surface area contributed by atoms with Gasteiger partial charge in [-0.25, -0.2) is 4.39 Å². The molecule has 0 unspecified atom stereocenters. The molecular weight excluding hydrogens is 279 g/mol. The zero-order valence-electron chi connectivity index (χ0n) is 13.6. The molecule has 3 nitrogen and oxygen atoms in total. The average molecular weight is 306 g/mol. The largest absolute Gasteiger partial charge is 0.379 e. The lowest BCUT2D eigenvalue weighted by atomic mass is 9.80. The van der Waals surface area contributed by atoms with Gasteiger partial charge in [-0.15, -0.1) is 0 Å². The number of hydrogen-bond acceptors (Lipinski definition) is 3. The number of likely N-dealkylation sites (tertiary alicyclic amines) is 1. The van der Waals surface area contributed by atoms with Crippen LogP contribution in [0.4, 0.5) is 4.39 Å². The van der Waals surface area contributed by atoms with Crippen molar-refractivity contribution in [1.29, 1.82) is 0 Å². The molecule has 1 spiro atoms. The van der Waals surface area contributed by atoms with Gasteiger partial charge in [0, 0.05) is 31.6 Å². The van der Waals surface area contributed by atoms with E-state index in [0.717, 1.165) is 52.5 Å². The first-order valence-corrected chi connectivity index (χ1v) is 8.46. The fourth-order valence-corrected chi connectivity index (χ4v) is 3.89. The van der Waals surface area contributed by atoms with Crippen molar-refractivity contribution in [2.24, 2.45) is 5.41 Å². The van der Waals surface area contributed by atoms with Crippen LogP contribution in [0.3, 0.4) is 0 Å². The number of halogens is 1. The number of nitrogens with zero attached hydrogens (tertiary/aromatic N) is 2. The van der Waals surface area contributed by atoms with Crippen molar-refractivity contribution in [3.05, 3.63) is 35.6 Å². The van der Waals surface area contributed by atoms with E-state index in [2.05, 4.69) is 16.7 Å². The van der Waals surface area contributed by atoms with Crippen molar-refractivity contribution in [2.75, 3.05) is 45.9 Å². The molecule has 2 saturated heterocycles. The molecule has 0 radical (unpaired) electrons. The van der Waals surface area contributed by atoms with Crippen molar-refractivity contribution in [2.45, 2.75) is 26.3 Å². The maximum atomic E-state index is 13.0. The van der Waals surface area contributed by atoms with E-state index in [-0.39, 0.29) is 11.2 Å². The van der Waals surface area contributed by atoms with Crippen LogP contribution in [0, 0.1) is 11.2 Å². The second-order valence-corrected chi connectivity index (χ2v) is 6.86. The van der Waals surface area contributed by atoms with Gasteiger partial charge in [-0.3, -0.25) is 4.90 Å². The van der Waals surface area contributed by atoms with Crippen molar-refractivity contribution < 1.29 is 9.13 Å². The fraction of sp³-hybridized carbons (Fsp3) is 0.667. The summed E-state index contributed by atoms with van der Waals surface area (Å²) in [4.78, 5) is 5.04. The van der Waals surface area contributed by atoms with Gasteiger partial charge in [-0.2, -0.15) is 0 Å². The predicted molar refractivity (Wildman–Crippen MR) is 86.3 cm³/mol. The van der Waals surface area contributed by atoms with Gasteiger partial charge in [-0.1, -0.05) is 19.1 Å². The Morgan fingerprint density at radius 2 is 1.91 bits per heavy atom. The normalized spacial score (nSPS) is 27.9. The van der Waals surface area contributed by atoms with Crippen molar-refractivity contribution in [3.63, 3.8) is 0 Å². The molecule has 0 N–H and O–H groups in total. The third kappa shape index (κ3) is 3.86. The molecule has 4 heteroatoms. The summed E-state index contributed by atoms with van der Waals surface area (Å²) in [5.74, 6) is -0.158. The molecular formula is C18H27FN2O. The predicted octanol–water partition coefficient (Wildman–Crippen LogP) is 2.76. The van der Waals surface area contributed by atoms with Crippen molar-refractivity contribution >= 4 is 0 Å². The van der Waals surface area contributed by atoms with Gasteiger partial charge in [-0.05, 0) is 43.6 Å². The lowest BCUT2D eigenvalue weighted by Gasteiger charge is -2.43. The van der Waals surface area contributed by atoms with Crippen LogP contribution in [0.2, 0.25) is 0 Å². The molecule has 0 bridgehead atoms. The van der Waals surface area contributed by atoms with Crippen LogP contribution < -0.4 is 0 Å². The minimum Gasteiger partial charge on any atom is -0.379 e. The number of piperidine rings is 1. The van der Waals surface area contributed by atoms with Crippen molar-refractivity contribution in [3.8, 4) is 0 Å². The minimum absolute atomic E-state index is 0.158. The smallest absolute Gasteiger partial charge is 0.123 e. The Hall–Kier alpha value is -0.970. The summed E-state index contributed by atoms with van der Waals surface area (Å²) in [5, 5.41) is 0. The summed E-state index contributed by atoms with van der Waals surface area (Å²) in [6, 6.07) is 6.92. The molecule has 3 rings (SSSR count). The van der Waals surface area contributed by atoms with Crippen LogP contribution in [0.5, 0.6) is 0 Å². The van der Waals surface area contributed by atoms with Crippen LogP contribution in [-0.2, 0) is 11.3 Å². The molecule has 22 heavy (non-hydrogen) atoms. The Morgan fingerprint density at radius 1 is 1.14 bits per heavy atom. The van der Waals surface area contributed by atoms with Crippen LogP contribution in [-0.4, -0.2) is 55.7 Å². The summed E-state index contributed by atoms with van der Waals surface area (Å²) in [7, 11) is 0. The summed E-state index contributed by atoms with van der Waals surface area (Å²) in [6.45, 7) is 10.4. The van der Waals surface area contributed by atoms with Crippen LogP contribution in [0.25, 0.3) is 0 Å². The molecule has 0 amide bonds. The number of benzene rings is 1. The third-order valence-electron chi connectivity index (χ3n) is 5.03. The standard InChI is InChI=1S/C18H27FN2O/c1-2-20-10-11-22-15-18(13-20)8-3-9-21(14-18)12-16-4-6-17(19)7-5-16/h4-7H,2-3,8-15H2,1H3/t18-/m0/s1. The highest BCUT2D eigenvalue weighted by atomic mass is 19.1. The molecule has 2 fully saturated rings. The summed E-state index contributed by atoms with van der Waals surface area (Å²) >= 11 is 0. The van der Waals surface area contributed by atoms with Crippen LogP contribution in [0.1, 0.15) is 25.3 Å². The minimum atomic E-state index is -0.158. The molecule has 0 aliphatic carbocycles. The third-order valence-corrected chi connectivity index (χ3v) is 5.03. The first-order valence-electron chi connectivity index (χ1n) is 8.46. The Labute approximate surface area is 133 Å². The highest BCUT2D eigenvalue weighted by Crippen LogP contribution is 2.33. The van der Waals surface area contributed by atoms with Gasteiger partial charge in [0.1, 0.15) is 5.82 Å². The molecule has 122 valence electrons. The van der Waals surface area contributed by atoms with Gasteiger partial charge in [0.05, 0.1) is 13.2 Å². The highest BCUT2D eigenvalue weighted by Gasteiger charge is 2.38. The number of rotatable bonds is 3. The summed E-state index contributed by atoms with van der Waals surface area (Å²) in [5.41, 5.74) is 1.46. The quantitative estimate of drug-likeness (QED) is 0.854. The van der Waals surface area contributed by atoms with E-state index >= 15 is 0 Å². The number of likely N-dealkylation sites (N-methyl/N-ethyl adjacent to an activating group) is 1. The monoisotopic (exact) mass is 306 g/mol. The Bertz CT molecular complexity index is 478. The molecule has 2 aliphatic rings. The van der Waals surface area contributed by atoms with Gasteiger partial charge in [0.25, 0.3) is 0 Å². The second kappa shape index (κ2) is 7.07. The molecule has 1 atom stereocenters. The maximum absolute atomic E-state index is 13.0. The van der Waals surface area contributed by atoms with E-state index < -0.39 is 0 Å². The Kier molecular flexibility index (Phi) is 5.11. The zero-order chi connectivity index (χ0) is 15.4. The first kappa shape index (κ1) is 15.9. The van der Waals surface area contributed by atoms with E-state index in [1.807, 2.05) is 12.1 Å². The summed E-state index contributed by atoms with van der Waals surface area (Å²) < 4.78 is 19.0. The van der Waals surface area contributed by atoms with Crippen LogP contribution in [0.15, 0.2) is 24.3 Å². The fourth-order valence-electron chi connectivity index (χ4n) is 3.89. The lowest BCUT2D eigenvalue weighted by molar-refractivity contribution is 0.00333. The Balaban J connectivity index is 1.66. The molecule has 0 saturated carbocycles. The first-order chi connectivity index (χ1) is 10.7. The van der Waals surface area contributed by atoms with Crippen molar-refractivity contribution in [1.82, 2.24) is 9.80 Å². The van der Waals surface area contributed by atoms with Crippen LogP contribution >= 0.6 is 0 Å². The topological polar surface area (TPSA) is 15.7 Å². The summed E-state index contributed by atoms with van der Waals surface area (Å²) in [6.07, 6.45) is 2.48. The van der Waals surface area contributed by atoms with Gasteiger partial charge in [0.2, 0.25) is 0 Å². The molecule has 2 heterocycles. The zero-order valence-corrected chi connectivity index (χ0v) is 13.6. The second-order valence-electron chi connectivity index (χ2n) is 6.86. The Morgan fingerprint density at radius 3 is 2.68 bits per heavy atom.